The number of esters is 1. The van der Waals surface area contributed by atoms with Gasteiger partial charge in [0.25, 0.3) is 5.91 Å². The maximum absolute atomic E-state index is 13.2. The van der Waals surface area contributed by atoms with E-state index in [1.165, 1.54) is 11.7 Å². The highest BCUT2D eigenvalue weighted by Crippen LogP contribution is 2.44. The topological polar surface area (TPSA) is 133 Å². The van der Waals surface area contributed by atoms with Crippen LogP contribution < -0.4 is 26.6 Å². The van der Waals surface area contributed by atoms with Gasteiger partial charge in [-0.25, -0.2) is 9.59 Å². The summed E-state index contributed by atoms with van der Waals surface area (Å²) in [4.78, 5) is 43.5. The molecule has 1 unspecified atom stereocenters. The molecule has 11 nitrogen and oxygen atoms in total. The Kier molecular flexibility index (Phi) is 8.62. The summed E-state index contributed by atoms with van der Waals surface area (Å²) in [7, 11) is 3.08. The molecule has 1 aliphatic rings. The molecule has 0 saturated carbocycles. The van der Waals surface area contributed by atoms with E-state index in [2.05, 4.69) is 21.2 Å². The van der Waals surface area contributed by atoms with E-state index in [0.717, 1.165) is 5.56 Å². The number of fused-ring (bicyclic) bond motifs is 1. The lowest BCUT2D eigenvalue weighted by atomic mass is 9.82. The number of benzene rings is 2. The largest absolute Gasteiger partial charge is 0.497 e. The second-order valence-corrected chi connectivity index (χ2v) is 8.69. The number of allylic oxidation sites excluding steroid dienone is 1. The van der Waals surface area contributed by atoms with Crippen LogP contribution in [-0.4, -0.2) is 48.9 Å². The van der Waals surface area contributed by atoms with Crippen molar-refractivity contribution in [3.63, 3.8) is 0 Å². The normalized spacial score (nSPS) is 14.2. The number of methoxy groups -OCH3 is 2. The summed E-state index contributed by atoms with van der Waals surface area (Å²) in [6.45, 7) is 4.18. The van der Waals surface area contributed by atoms with Gasteiger partial charge in [-0.2, -0.15) is 4.98 Å². The molecule has 0 spiro atoms. The van der Waals surface area contributed by atoms with Gasteiger partial charge in [-0.1, -0.05) is 30.3 Å². The van der Waals surface area contributed by atoms with Crippen molar-refractivity contribution in [1.82, 2.24) is 15.0 Å². The van der Waals surface area contributed by atoms with Crippen molar-refractivity contribution in [1.29, 1.82) is 0 Å². The van der Waals surface area contributed by atoms with Crippen LogP contribution in [0.1, 0.15) is 41.3 Å². The Morgan fingerprint density at radius 1 is 1.08 bits per heavy atom. The van der Waals surface area contributed by atoms with E-state index in [4.69, 9.17) is 14.2 Å². The van der Waals surface area contributed by atoms with E-state index < -0.39 is 23.5 Å². The number of anilines is 2. The maximum atomic E-state index is 13.2. The predicted octanol–water partition coefficient (Wildman–Crippen LogP) is 3.05. The standard InChI is InChI=1S/C28H31N5O6/c1-5-39-27(35)21-17(2)29-25-23(22(21)18-9-7-6-8-10-18)24(30-28(36)33(25)15-16-37-3)31-32-26(34)19-11-13-20(38-4)14-12-19/h6-14,22,29H,5,15-16H2,1-4H3,(H,32,34)(H,30,31,36). The summed E-state index contributed by atoms with van der Waals surface area (Å²) in [5.41, 5.74) is 7.46. The summed E-state index contributed by atoms with van der Waals surface area (Å²) >= 11 is 0. The van der Waals surface area contributed by atoms with Crippen molar-refractivity contribution in [3.8, 4) is 5.75 Å². The zero-order valence-corrected chi connectivity index (χ0v) is 22.2. The van der Waals surface area contributed by atoms with Gasteiger partial charge in [0.1, 0.15) is 11.6 Å². The van der Waals surface area contributed by atoms with Crippen molar-refractivity contribution in [2.45, 2.75) is 26.3 Å². The van der Waals surface area contributed by atoms with E-state index in [1.807, 2.05) is 30.3 Å². The molecule has 204 valence electrons. The number of hydrogen-bond acceptors (Lipinski definition) is 9. The monoisotopic (exact) mass is 533 g/mol. The average Bonchev–Trinajstić information content (AvgIpc) is 2.95. The highest BCUT2D eigenvalue weighted by Gasteiger charge is 2.37. The molecule has 0 radical (unpaired) electrons. The number of nitrogens with one attached hydrogen (secondary N) is 3. The Morgan fingerprint density at radius 2 is 1.79 bits per heavy atom. The smallest absolute Gasteiger partial charge is 0.351 e. The summed E-state index contributed by atoms with van der Waals surface area (Å²) in [6.07, 6.45) is 0. The van der Waals surface area contributed by atoms with Gasteiger partial charge in [-0.15, -0.1) is 0 Å². The van der Waals surface area contributed by atoms with Crippen LogP contribution in [0.2, 0.25) is 0 Å². The number of aromatic nitrogens is 2. The van der Waals surface area contributed by atoms with Crippen LogP contribution in [0.4, 0.5) is 11.6 Å². The van der Waals surface area contributed by atoms with Crippen LogP contribution in [0.15, 0.2) is 70.7 Å². The lowest BCUT2D eigenvalue weighted by Gasteiger charge is -2.32. The van der Waals surface area contributed by atoms with Crippen LogP contribution in [0, 0.1) is 0 Å². The third-order valence-electron chi connectivity index (χ3n) is 6.30. The van der Waals surface area contributed by atoms with E-state index in [0.29, 0.717) is 34.0 Å². The minimum absolute atomic E-state index is 0.0983. The molecule has 0 fully saturated rings. The third-order valence-corrected chi connectivity index (χ3v) is 6.30. The molecule has 3 N–H and O–H groups in total. The number of ether oxygens (including phenoxy) is 3. The minimum atomic E-state index is -0.649. The average molecular weight is 534 g/mol. The highest BCUT2D eigenvalue weighted by molar-refractivity contribution is 5.96. The Balaban J connectivity index is 1.84. The quantitative estimate of drug-likeness (QED) is 0.266. The molecule has 39 heavy (non-hydrogen) atoms. The zero-order valence-electron chi connectivity index (χ0n) is 22.2. The van der Waals surface area contributed by atoms with E-state index in [1.54, 1.807) is 45.2 Å². The number of amides is 1. The predicted molar refractivity (Wildman–Crippen MR) is 146 cm³/mol. The Bertz CT molecular complexity index is 1430. The molecule has 11 heteroatoms. The molecule has 1 aromatic heterocycles. The molecule has 4 rings (SSSR count). The molecule has 2 aromatic carbocycles. The zero-order chi connectivity index (χ0) is 27.9. The third kappa shape index (κ3) is 5.78. The second kappa shape index (κ2) is 12.3. The van der Waals surface area contributed by atoms with Crippen molar-refractivity contribution in [3.05, 3.63) is 93.0 Å². The van der Waals surface area contributed by atoms with Gasteiger partial charge in [0, 0.05) is 23.9 Å². The molecule has 1 atom stereocenters. The Morgan fingerprint density at radius 3 is 2.44 bits per heavy atom. The molecular weight excluding hydrogens is 502 g/mol. The number of hydrazine groups is 1. The fraction of sp³-hybridized carbons (Fsp3) is 0.286. The molecule has 0 bridgehead atoms. The fourth-order valence-corrected chi connectivity index (χ4v) is 4.46. The molecule has 0 aliphatic carbocycles. The van der Waals surface area contributed by atoms with Gasteiger partial charge in [0.2, 0.25) is 0 Å². The van der Waals surface area contributed by atoms with E-state index in [9.17, 15) is 14.4 Å². The first-order valence-electron chi connectivity index (χ1n) is 12.4. The van der Waals surface area contributed by atoms with E-state index >= 15 is 0 Å². The number of carbonyl (C=O) groups excluding carboxylic acids is 2. The lowest BCUT2D eigenvalue weighted by Crippen LogP contribution is -2.37. The summed E-state index contributed by atoms with van der Waals surface area (Å²) in [5, 5.41) is 3.22. The van der Waals surface area contributed by atoms with Crippen molar-refractivity contribution >= 4 is 23.5 Å². The van der Waals surface area contributed by atoms with Crippen LogP contribution in [0.5, 0.6) is 5.75 Å². The first-order chi connectivity index (χ1) is 18.9. The van der Waals surface area contributed by atoms with Gasteiger partial charge in [-0.3, -0.25) is 20.2 Å². The van der Waals surface area contributed by atoms with Crippen LogP contribution >= 0.6 is 0 Å². The number of nitrogens with zero attached hydrogens (tertiary/aromatic N) is 2. The summed E-state index contributed by atoms with van der Waals surface area (Å²) < 4.78 is 17.2. The van der Waals surface area contributed by atoms with Crippen molar-refractivity contribution in [2.75, 3.05) is 38.2 Å². The van der Waals surface area contributed by atoms with Crippen LogP contribution in [0.3, 0.4) is 0 Å². The number of carbonyl (C=O) groups is 2. The molecule has 3 aromatic rings. The molecule has 1 aliphatic heterocycles. The summed E-state index contributed by atoms with van der Waals surface area (Å²) in [5.74, 6) is -0.447. The first-order valence-corrected chi connectivity index (χ1v) is 12.4. The SMILES string of the molecule is CCOC(=O)C1=C(C)Nc2c(c(NNC(=O)c3ccc(OC)cc3)nc(=O)n2CCOC)C1c1ccccc1. The second-order valence-electron chi connectivity index (χ2n) is 8.69. The van der Waals surface area contributed by atoms with Crippen molar-refractivity contribution in [2.24, 2.45) is 0 Å². The maximum Gasteiger partial charge on any atom is 0.351 e. The van der Waals surface area contributed by atoms with Crippen LogP contribution in [-0.2, 0) is 20.8 Å². The number of hydrogen-bond donors (Lipinski definition) is 3. The van der Waals surface area contributed by atoms with Gasteiger partial charge < -0.3 is 19.5 Å². The molecule has 0 saturated heterocycles. The van der Waals surface area contributed by atoms with Gasteiger partial charge in [0.05, 0.1) is 38.4 Å². The minimum Gasteiger partial charge on any atom is -0.497 e. The number of rotatable bonds is 10. The Labute approximate surface area is 225 Å². The van der Waals surface area contributed by atoms with Crippen molar-refractivity contribution < 1.29 is 23.8 Å². The van der Waals surface area contributed by atoms with Gasteiger partial charge in [-0.05, 0) is 43.7 Å². The molecule has 2 heterocycles. The molecule has 1 amide bonds. The lowest BCUT2D eigenvalue weighted by molar-refractivity contribution is -0.138. The van der Waals surface area contributed by atoms with Gasteiger partial charge >= 0.3 is 11.7 Å². The summed E-state index contributed by atoms with van der Waals surface area (Å²) in [6, 6.07) is 15.9. The van der Waals surface area contributed by atoms with Crippen LogP contribution in [0.25, 0.3) is 0 Å². The first kappa shape index (κ1) is 27.4. The molecular formula is C28H31N5O6. The fourth-order valence-electron chi connectivity index (χ4n) is 4.46. The van der Waals surface area contributed by atoms with Gasteiger partial charge in [0.15, 0.2) is 5.82 Å². The van der Waals surface area contributed by atoms with E-state index in [-0.39, 0.29) is 25.6 Å². The highest BCUT2D eigenvalue weighted by atomic mass is 16.5. The Hall–Kier alpha value is -4.64.